The Kier molecular flexibility index (Phi) is 2.26. The van der Waals surface area contributed by atoms with Gasteiger partial charge in [0.15, 0.2) is 0 Å². The fourth-order valence-electron chi connectivity index (χ4n) is 0.778. The van der Waals surface area contributed by atoms with E-state index in [0.717, 1.165) is 12.0 Å². The Morgan fingerprint density at radius 2 is 2.00 bits per heavy atom. The van der Waals surface area contributed by atoms with E-state index < -0.39 is 0 Å². The Balaban J connectivity index is 3.55. The smallest absolute Gasteiger partial charge is 0.0271 e. The molecule has 0 aliphatic carbocycles. The van der Waals surface area contributed by atoms with Crippen molar-refractivity contribution in [3.8, 4) is 0 Å². The van der Waals surface area contributed by atoms with E-state index in [4.69, 9.17) is 6.92 Å². The molecule has 0 aromatic heterocycles. The zero-order valence-corrected chi connectivity index (χ0v) is 5.99. The average molecular weight is 110 g/mol. The quantitative estimate of drug-likeness (QED) is 0.479. The van der Waals surface area contributed by atoms with Gasteiger partial charge in [0.1, 0.15) is 0 Å². The first-order valence-electron chi connectivity index (χ1n) is 2.85. The van der Waals surface area contributed by atoms with E-state index in [0.29, 0.717) is 0 Å². The van der Waals surface area contributed by atoms with Crippen LogP contribution in [0.4, 0.5) is 0 Å². The van der Waals surface area contributed by atoms with Crippen LogP contribution in [0.5, 0.6) is 0 Å². The molecular weight excluding hydrogens is 96.1 g/mol. The first-order valence-corrected chi connectivity index (χ1v) is 2.85. The summed E-state index contributed by atoms with van der Waals surface area (Å²) in [6.45, 7) is 15.4. The van der Waals surface area contributed by atoms with Gasteiger partial charge in [-0.2, -0.15) is 0 Å². The van der Waals surface area contributed by atoms with Gasteiger partial charge in [-0.25, -0.2) is 0 Å². The summed E-state index contributed by atoms with van der Waals surface area (Å²) in [4.78, 5) is 0. The molecule has 2 radical (unpaired) electrons. The van der Waals surface area contributed by atoms with Crippen molar-refractivity contribution in [1.29, 1.82) is 0 Å². The zero-order valence-electron chi connectivity index (χ0n) is 5.99. The summed E-state index contributed by atoms with van der Waals surface area (Å²) in [6, 6.07) is 0. The van der Waals surface area contributed by atoms with E-state index >= 15 is 0 Å². The molecule has 0 fully saturated rings. The SMILES string of the molecule is [CH]C(C)(C)CC(=C)C. The normalized spacial score (nSPS) is 11.5. The van der Waals surface area contributed by atoms with Gasteiger partial charge in [-0.15, -0.1) is 6.58 Å². The maximum absolute atomic E-state index is 5.68. The predicted octanol–water partition coefficient (Wildman–Crippen LogP) is 2.69. The fourth-order valence-corrected chi connectivity index (χ4v) is 0.778. The molecule has 0 nitrogen and oxygen atoms in total. The van der Waals surface area contributed by atoms with Crippen molar-refractivity contribution in [3.05, 3.63) is 19.1 Å². The molecule has 0 aromatic rings. The van der Waals surface area contributed by atoms with Crippen LogP contribution in [0, 0.1) is 12.3 Å². The lowest BCUT2D eigenvalue weighted by Crippen LogP contribution is -2.04. The van der Waals surface area contributed by atoms with Crippen LogP contribution in [0.25, 0.3) is 0 Å². The third kappa shape index (κ3) is 5.74. The van der Waals surface area contributed by atoms with Crippen molar-refractivity contribution >= 4 is 0 Å². The highest BCUT2D eigenvalue weighted by Gasteiger charge is 2.08. The van der Waals surface area contributed by atoms with Crippen LogP contribution < -0.4 is 0 Å². The summed E-state index contributed by atoms with van der Waals surface area (Å²) in [6.07, 6.45) is 0.910. The molecule has 0 unspecified atom stereocenters. The first kappa shape index (κ1) is 7.74. The monoisotopic (exact) mass is 110 g/mol. The predicted molar refractivity (Wildman–Crippen MR) is 37.5 cm³/mol. The Labute approximate surface area is 52.6 Å². The molecule has 0 amide bonds. The Bertz CT molecular complexity index is 82.7. The molecule has 0 atom stereocenters. The topological polar surface area (TPSA) is 0 Å². The number of hydrogen-bond acceptors (Lipinski definition) is 0. The third-order valence-electron chi connectivity index (χ3n) is 0.757. The molecule has 46 valence electrons. The Morgan fingerprint density at radius 1 is 1.62 bits per heavy atom. The molecule has 0 spiro atoms. The van der Waals surface area contributed by atoms with E-state index in [1.165, 1.54) is 0 Å². The molecule has 0 aliphatic heterocycles. The molecule has 0 heteroatoms. The summed E-state index contributed by atoms with van der Waals surface area (Å²) in [5.41, 5.74) is 1.07. The van der Waals surface area contributed by atoms with E-state index in [9.17, 15) is 0 Å². The molecule has 0 bridgehead atoms. The lowest BCUT2D eigenvalue weighted by Gasteiger charge is -2.16. The highest BCUT2D eigenvalue weighted by molar-refractivity contribution is 4.94. The van der Waals surface area contributed by atoms with Gasteiger partial charge in [0.05, 0.1) is 0 Å². The molecule has 0 saturated heterocycles. The van der Waals surface area contributed by atoms with Gasteiger partial charge in [-0.05, 0) is 25.7 Å². The Morgan fingerprint density at radius 3 is 2.00 bits per heavy atom. The van der Waals surface area contributed by atoms with Gasteiger partial charge in [0, 0.05) is 0 Å². The van der Waals surface area contributed by atoms with Gasteiger partial charge in [0.2, 0.25) is 0 Å². The summed E-state index contributed by atoms with van der Waals surface area (Å²) in [5, 5.41) is 0. The van der Waals surface area contributed by atoms with Crippen LogP contribution in [0.1, 0.15) is 27.2 Å². The third-order valence-corrected chi connectivity index (χ3v) is 0.757. The largest absolute Gasteiger partial charge is 0.100 e. The minimum atomic E-state index is -0.0775. The molecular formula is C8H14. The number of hydrogen-bond donors (Lipinski definition) is 0. The van der Waals surface area contributed by atoms with Crippen molar-refractivity contribution in [2.45, 2.75) is 27.2 Å². The molecule has 0 rings (SSSR count). The lowest BCUT2D eigenvalue weighted by atomic mass is 9.89. The summed E-state index contributed by atoms with van der Waals surface area (Å²) in [7, 11) is 0. The maximum atomic E-state index is 5.68. The second kappa shape index (κ2) is 2.34. The summed E-state index contributed by atoms with van der Waals surface area (Å²) >= 11 is 0. The van der Waals surface area contributed by atoms with Crippen LogP contribution in [0.2, 0.25) is 0 Å². The van der Waals surface area contributed by atoms with Crippen molar-refractivity contribution in [3.63, 3.8) is 0 Å². The van der Waals surface area contributed by atoms with Crippen molar-refractivity contribution in [2.75, 3.05) is 0 Å². The summed E-state index contributed by atoms with van der Waals surface area (Å²) in [5.74, 6) is 0. The van der Waals surface area contributed by atoms with Crippen molar-refractivity contribution in [1.82, 2.24) is 0 Å². The molecule has 0 heterocycles. The van der Waals surface area contributed by atoms with Gasteiger partial charge in [-0.3, -0.25) is 0 Å². The van der Waals surface area contributed by atoms with E-state index in [1.807, 2.05) is 20.8 Å². The van der Waals surface area contributed by atoms with Gasteiger partial charge in [0.25, 0.3) is 0 Å². The van der Waals surface area contributed by atoms with Crippen LogP contribution in [-0.2, 0) is 0 Å². The molecule has 0 aliphatic rings. The summed E-state index contributed by atoms with van der Waals surface area (Å²) < 4.78 is 0. The minimum absolute atomic E-state index is 0.0775. The Hall–Kier alpha value is -0.260. The average Bonchev–Trinajstić information content (AvgIpc) is 1.21. The van der Waals surface area contributed by atoms with Gasteiger partial charge >= 0.3 is 0 Å². The van der Waals surface area contributed by atoms with Crippen LogP contribution in [-0.4, -0.2) is 0 Å². The standard InChI is InChI=1S/C8H14/c1-7(2)6-8(3,4)5/h3H,1,6H2,2,4-5H3. The van der Waals surface area contributed by atoms with Crippen molar-refractivity contribution in [2.24, 2.45) is 5.41 Å². The molecule has 0 N–H and O–H groups in total. The second-order valence-electron chi connectivity index (χ2n) is 3.12. The van der Waals surface area contributed by atoms with E-state index in [-0.39, 0.29) is 5.41 Å². The van der Waals surface area contributed by atoms with Crippen LogP contribution >= 0.6 is 0 Å². The van der Waals surface area contributed by atoms with Crippen LogP contribution in [0.3, 0.4) is 0 Å². The fraction of sp³-hybridized carbons (Fsp3) is 0.625. The highest BCUT2D eigenvalue weighted by atomic mass is 14.1. The minimum Gasteiger partial charge on any atom is -0.100 e. The highest BCUT2D eigenvalue weighted by Crippen LogP contribution is 2.21. The van der Waals surface area contributed by atoms with Crippen molar-refractivity contribution < 1.29 is 0 Å². The van der Waals surface area contributed by atoms with Gasteiger partial charge < -0.3 is 0 Å². The molecule has 8 heavy (non-hydrogen) atoms. The van der Waals surface area contributed by atoms with E-state index in [1.54, 1.807) is 0 Å². The lowest BCUT2D eigenvalue weighted by molar-refractivity contribution is 0.471. The maximum Gasteiger partial charge on any atom is -0.0271 e. The van der Waals surface area contributed by atoms with Crippen LogP contribution in [0.15, 0.2) is 12.2 Å². The van der Waals surface area contributed by atoms with E-state index in [2.05, 4.69) is 6.58 Å². The second-order valence-corrected chi connectivity index (χ2v) is 3.12. The number of allylic oxidation sites excluding steroid dienone is 1. The zero-order chi connectivity index (χ0) is 6.78. The molecule has 0 aromatic carbocycles. The molecule has 0 saturated carbocycles. The van der Waals surface area contributed by atoms with Gasteiger partial charge in [-0.1, -0.05) is 19.4 Å². The number of rotatable bonds is 2. The first-order chi connectivity index (χ1) is 3.42.